The van der Waals surface area contributed by atoms with Crippen molar-refractivity contribution in [3.63, 3.8) is 0 Å². The van der Waals surface area contributed by atoms with Gasteiger partial charge in [0.2, 0.25) is 0 Å². The van der Waals surface area contributed by atoms with E-state index in [2.05, 4.69) is 0 Å². The number of aliphatic hydroxyl groups excluding tert-OH is 3. The molecule has 0 amide bonds. The first-order valence-electron chi connectivity index (χ1n) is 11.3. The number of esters is 2. The van der Waals surface area contributed by atoms with Crippen LogP contribution in [0.1, 0.15) is 58.3 Å². The lowest BCUT2D eigenvalue weighted by Crippen LogP contribution is -2.32. The molecule has 3 atom stereocenters. The van der Waals surface area contributed by atoms with Crippen LogP contribution in [0.25, 0.3) is 0 Å². The van der Waals surface area contributed by atoms with Crippen molar-refractivity contribution in [1.82, 2.24) is 0 Å². The summed E-state index contributed by atoms with van der Waals surface area (Å²) in [4.78, 5) is 44.3. The SMILES string of the molecule is CC(=O)CCCCC(=O)OCC(O)COC(CO)COCC(O)COC(=O)CCCCC(=O)O. The molecule has 0 aromatic heterocycles. The highest BCUT2D eigenvalue weighted by atomic mass is 16.6. The number of hydrogen-bond acceptors (Lipinski definition) is 11. The number of carbonyl (C=O) groups is 4. The summed E-state index contributed by atoms with van der Waals surface area (Å²) >= 11 is 0. The van der Waals surface area contributed by atoms with Crippen LogP contribution in [-0.2, 0) is 38.1 Å². The van der Waals surface area contributed by atoms with Gasteiger partial charge in [-0.15, -0.1) is 0 Å². The van der Waals surface area contributed by atoms with Crippen molar-refractivity contribution in [2.45, 2.75) is 76.6 Å². The molecule has 0 bridgehead atoms. The first kappa shape index (κ1) is 31.9. The number of unbranched alkanes of at least 4 members (excludes halogenated alkanes) is 2. The van der Waals surface area contributed by atoms with E-state index in [1.807, 2.05) is 0 Å². The maximum absolute atomic E-state index is 11.6. The third kappa shape index (κ3) is 20.5. The van der Waals surface area contributed by atoms with E-state index in [1.165, 1.54) is 6.92 Å². The summed E-state index contributed by atoms with van der Waals surface area (Å²) in [6, 6.07) is 0. The van der Waals surface area contributed by atoms with E-state index in [1.54, 1.807) is 0 Å². The summed E-state index contributed by atoms with van der Waals surface area (Å²) in [6.07, 6.45) is -0.547. The van der Waals surface area contributed by atoms with Crippen molar-refractivity contribution in [1.29, 1.82) is 0 Å². The maximum Gasteiger partial charge on any atom is 0.305 e. The Hall–Kier alpha value is -2.12. The molecular formula is C22H38O12. The van der Waals surface area contributed by atoms with Crippen LogP contribution in [-0.4, -0.2) is 102 Å². The summed E-state index contributed by atoms with van der Waals surface area (Å²) in [5, 5.41) is 37.5. The Kier molecular flexibility index (Phi) is 19.0. The fourth-order valence-electron chi connectivity index (χ4n) is 2.54. The number of rotatable bonds is 22. The first-order chi connectivity index (χ1) is 16.1. The molecular weight excluding hydrogens is 456 g/mol. The largest absolute Gasteiger partial charge is 0.481 e. The Labute approximate surface area is 199 Å². The molecule has 0 fully saturated rings. The zero-order valence-electron chi connectivity index (χ0n) is 19.7. The highest BCUT2D eigenvalue weighted by Gasteiger charge is 2.15. The van der Waals surface area contributed by atoms with E-state index in [-0.39, 0.29) is 58.1 Å². The molecule has 0 aromatic rings. The summed E-state index contributed by atoms with van der Waals surface area (Å²) in [6.45, 7) is 0.00940. The molecule has 0 radical (unpaired) electrons. The average Bonchev–Trinajstić information content (AvgIpc) is 2.78. The lowest BCUT2D eigenvalue weighted by atomic mass is 10.1. The molecule has 3 unspecified atom stereocenters. The standard InChI is InChI=1S/C22H38O12/c1-16(24)6-2-4-8-21(29)34-14-18(26)12-32-19(10-23)15-31-11-17(25)13-33-22(30)9-5-3-7-20(27)28/h17-19,23,25-26H,2-15H2,1H3,(H,27,28). The van der Waals surface area contributed by atoms with E-state index >= 15 is 0 Å². The summed E-state index contributed by atoms with van der Waals surface area (Å²) < 4.78 is 20.3. The van der Waals surface area contributed by atoms with E-state index in [4.69, 9.17) is 24.1 Å². The van der Waals surface area contributed by atoms with Gasteiger partial charge in [-0.05, 0) is 32.6 Å². The van der Waals surface area contributed by atoms with Gasteiger partial charge in [-0.3, -0.25) is 14.4 Å². The number of aliphatic hydroxyl groups is 3. The number of hydrogen-bond donors (Lipinski definition) is 4. The predicted molar refractivity (Wildman–Crippen MR) is 117 cm³/mol. The molecule has 0 saturated heterocycles. The van der Waals surface area contributed by atoms with Gasteiger partial charge in [-0.25, -0.2) is 0 Å². The van der Waals surface area contributed by atoms with Gasteiger partial charge in [-0.1, -0.05) is 0 Å². The fraction of sp³-hybridized carbons (Fsp3) is 0.818. The summed E-state index contributed by atoms with van der Waals surface area (Å²) in [5.74, 6) is -1.91. The third-order valence-electron chi connectivity index (χ3n) is 4.40. The quantitative estimate of drug-likeness (QED) is 0.117. The fourth-order valence-corrected chi connectivity index (χ4v) is 2.54. The number of aliphatic carboxylic acids is 1. The Bertz CT molecular complexity index is 594. The summed E-state index contributed by atoms with van der Waals surface area (Å²) in [5.41, 5.74) is 0. The molecule has 34 heavy (non-hydrogen) atoms. The number of carbonyl (C=O) groups excluding carboxylic acids is 3. The van der Waals surface area contributed by atoms with Crippen LogP contribution in [0.5, 0.6) is 0 Å². The van der Waals surface area contributed by atoms with Crippen molar-refractivity contribution >= 4 is 23.7 Å². The van der Waals surface area contributed by atoms with Crippen LogP contribution in [0.4, 0.5) is 0 Å². The zero-order chi connectivity index (χ0) is 25.8. The van der Waals surface area contributed by atoms with E-state index in [0.29, 0.717) is 32.1 Å². The highest BCUT2D eigenvalue weighted by Crippen LogP contribution is 2.04. The van der Waals surface area contributed by atoms with Crippen molar-refractivity contribution in [2.75, 3.05) is 39.6 Å². The van der Waals surface area contributed by atoms with Gasteiger partial charge in [0.1, 0.15) is 37.3 Å². The van der Waals surface area contributed by atoms with Gasteiger partial charge in [0, 0.05) is 25.7 Å². The average molecular weight is 495 g/mol. The molecule has 0 aromatic carbocycles. The van der Waals surface area contributed by atoms with Gasteiger partial charge in [-0.2, -0.15) is 0 Å². The van der Waals surface area contributed by atoms with E-state index in [9.17, 15) is 34.5 Å². The Balaban J connectivity index is 3.86. The number of carboxylic acid groups (broad SMARTS) is 1. The molecule has 4 N–H and O–H groups in total. The van der Waals surface area contributed by atoms with Crippen molar-refractivity contribution in [3.05, 3.63) is 0 Å². The minimum absolute atomic E-state index is 0.0246. The van der Waals surface area contributed by atoms with Gasteiger partial charge in [0.25, 0.3) is 0 Å². The van der Waals surface area contributed by atoms with Crippen LogP contribution < -0.4 is 0 Å². The highest BCUT2D eigenvalue weighted by molar-refractivity contribution is 5.75. The van der Waals surface area contributed by atoms with Crippen LogP contribution >= 0.6 is 0 Å². The van der Waals surface area contributed by atoms with Crippen LogP contribution in [0.15, 0.2) is 0 Å². The van der Waals surface area contributed by atoms with Crippen LogP contribution in [0.2, 0.25) is 0 Å². The molecule has 0 spiro atoms. The zero-order valence-corrected chi connectivity index (χ0v) is 19.7. The smallest absolute Gasteiger partial charge is 0.305 e. The van der Waals surface area contributed by atoms with Crippen molar-refractivity contribution in [3.8, 4) is 0 Å². The molecule has 0 aliphatic carbocycles. The molecule has 12 nitrogen and oxygen atoms in total. The lowest BCUT2D eigenvalue weighted by molar-refractivity contribution is -0.151. The molecule has 198 valence electrons. The second-order valence-electron chi connectivity index (χ2n) is 7.86. The molecule has 0 saturated carbocycles. The predicted octanol–water partition coefficient (Wildman–Crippen LogP) is -0.0169. The maximum atomic E-state index is 11.6. The lowest BCUT2D eigenvalue weighted by Gasteiger charge is -2.19. The first-order valence-corrected chi connectivity index (χ1v) is 11.3. The monoisotopic (exact) mass is 494 g/mol. The number of ketones is 1. The topological polar surface area (TPSA) is 186 Å². The second kappa shape index (κ2) is 20.3. The minimum Gasteiger partial charge on any atom is -0.481 e. The summed E-state index contributed by atoms with van der Waals surface area (Å²) in [7, 11) is 0. The Morgan fingerprint density at radius 1 is 0.706 bits per heavy atom. The van der Waals surface area contributed by atoms with Gasteiger partial charge in [0.05, 0.1) is 26.4 Å². The van der Waals surface area contributed by atoms with Crippen molar-refractivity contribution < 1.29 is 58.6 Å². The van der Waals surface area contributed by atoms with E-state index < -0.39 is 42.8 Å². The third-order valence-corrected chi connectivity index (χ3v) is 4.40. The molecule has 0 aliphatic rings. The van der Waals surface area contributed by atoms with Gasteiger partial charge >= 0.3 is 17.9 Å². The number of Topliss-reactive ketones (excluding diaryl/α,β-unsaturated/α-hetero) is 1. The van der Waals surface area contributed by atoms with E-state index in [0.717, 1.165) is 0 Å². The number of ether oxygens (including phenoxy) is 4. The molecule has 12 heteroatoms. The van der Waals surface area contributed by atoms with Gasteiger partial charge < -0.3 is 44.2 Å². The van der Waals surface area contributed by atoms with Crippen LogP contribution in [0, 0.1) is 0 Å². The Morgan fingerprint density at radius 2 is 1.21 bits per heavy atom. The molecule has 0 heterocycles. The minimum atomic E-state index is -1.10. The second-order valence-corrected chi connectivity index (χ2v) is 7.86. The number of carboxylic acids is 1. The molecule has 0 rings (SSSR count). The normalized spacial score (nSPS) is 13.6. The van der Waals surface area contributed by atoms with Crippen molar-refractivity contribution in [2.24, 2.45) is 0 Å². The Morgan fingerprint density at radius 3 is 1.71 bits per heavy atom. The van der Waals surface area contributed by atoms with Crippen LogP contribution in [0.3, 0.4) is 0 Å². The molecule has 0 aliphatic heterocycles. The van der Waals surface area contributed by atoms with Gasteiger partial charge in [0.15, 0.2) is 0 Å².